The van der Waals surface area contributed by atoms with Crippen LogP contribution in [0.5, 0.6) is 0 Å². The van der Waals surface area contributed by atoms with Crippen molar-refractivity contribution in [3.63, 3.8) is 0 Å². The summed E-state index contributed by atoms with van der Waals surface area (Å²) in [4.78, 5) is 11.1. The van der Waals surface area contributed by atoms with Crippen molar-refractivity contribution in [1.29, 1.82) is 0 Å². The first-order valence-corrected chi connectivity index (χ1v) is 3.73. The highest BCUT2D eigenvalue weighted by molar-refractivity contribution is 5.83. The highest BCUT2D eigenvalue weighted by atomic mass is 16.1. The Balaban J connectivity index is 2.55. The van der Waals surface area contributed by atoms with Gasteiger partial charge in [0.25, 0.3) is 0 Å². The third kappa shape index (κ3) is 1.58. The normalized spacial score (nSPS) is 25.6. The first kappa shape index (κ1) is 7.30. The van der Waals surface area contributed by atoms with Gasteiger partial charge >= 0.3 is 0 Å². The summed E-state index contributed by atoms with van der Waals surface area (Å²) in [6.45, 7) is 3.46. The molecule has 0 heterocycles. The maximum absolute atomic E-state index is 11.1. The lowest BCUT2D eigenvalue weighted by atomic mass is 9.88. The summed E-state index contributed by atoms with van der Waals surface area (Å²) in [5, 5.41) is 0. The lowest BCUT2D eigenvalue weighted by molar-refractivity contribution is -0.122. The third-order valence-electron chi connectivity index (χ3n) is 1.92. The molecule has 1 unspecified atom stereocenters. The highest BCUT2D eigenvalue weighted by Gasteiger charge is 2.18. The van der Waals surface area contributed by atoms with E-state index in [-0.39, 0.29) is 5.92 Å². The molecule has 0 aromatic carbocycles. The molecule has 0 N–H and O–H groups in total. The van der Waals surface area contributed by atoms with Crippen molar-refractivity contribution in [2.75, 3.05) is 0 Å². The van der Waals surface area contributed by atoms with Gasteiger partial charge in [-0.05, 0) is 18.9 Å². The van der Waals surface area contributed by atoms with Crippen LogP contribution < -0.4 is 0 Å². The number of hydrogen-bond acceptors (Lipinski definition) is 1. The first-order chi connectivity index (χ1) is 4.84. The molecule has 1 saturated carbocycles. The lowest BCUT2D eigenvalue weighted by Crippen LogP contribution is -2.16. The number of Topliss-reactive ketones (excluding diaryl/α,β-unsaturated/α-hetero) is 1. The van der Waals surface area contributed by atoms with Gasteiger partial charge in [0.1, 0.15) is 5.78 Å². The van der Waals surface area contributed by atoms with Crippen LogP contribution in [0.4, 0.5) is 0 Å². The number of hydrogen-bond donors (Lipinski definition) is 0. The maximum atomic E-state index is 11.1. The van der Waals surface area contributed by atoms with E-state index in [1.807, 2.05) is 0 Å². The van der Waals surface area contributed by atoms with E-state index < -0.39 is 0 Å². The minimum absolute atomic E-state index is 0.131. The van der Waals surface area contributed by atoms with Crippen molar-refractivity contribution < 1.29 is 4.79 Å². The molecule has 0 saturated heterocycles. The van der Waals surface area contributed by atoms with Crippen LogP contribution in [-0.2, 0) is 4.79 Å². The molecule has 1 aliphatic carbocycles. The summed E-state index contributed by atoms with van der Waals surface area (Å²) in [5.74, 6) is 0.494. The van der Waals surface area contributed by atoms with Gasteiger partial charge in [-0.3, -0.25) is 4.79 Å². The minimum atomic E-state index is 0.131. The predicted molar refractivity (Wildman–Crippen MR) is 40.7 cm³/mol. The maximum Gasteiger partial charge on any atom is 0.140 e. The zero-order chi connectivity index (χ0) is 7.40. The van der Waals surface area contributed by atoms with Crippen LogP contribution in [0.15, 0.2) is 18.4 Å². The van der Waals surface area contributed by atoms with Crippen LogP contribution in [0.25, 0.3) is 0 Å². The molecule has 0 amide bonds. The van der Waals surface area contributed by atoms with E-state index in [2.05, 4.69) is 12.3 Å². The van der Waals surface area contributed by atoms with Crippen LogP contribution in [0.1, 0.15) is 25.7 Å². The van der Waals surface area contributed by atoms with Crippen molar-refractivity contribution in [3.05, 3.63) is 18.4 Å². The number of ketones is 1. The molecule has 0 bridgehead atoms. The average Bonchev–Trinajstić information content (AvgIpc) is 1.94. The Hall–Kier alpha value is -0.810. The standard InChI is InChI=1S/C9H12O/c1-2-5-8-6-3-4-7-9(8)10/h5,8H,1,3-4,6-7H2. The molecule has 0 aromatic rings. The Bertz CT molecular complexity index is 175. The average molecular weight is 136 g/mol. The van der Waals surface area contributed by atoms with Crippen LogP contribution >= 0.6 is 0 Å². The molecule has 54 valence electrons. The van der Waals surface area contributed by atoms with Crippen molar-refractivity contribution in [2.24, 2.45) is 5.92 Å². The summed E-state index contributed by atoms with van der Waals surface area (Å²) in [5.41, 5.74) is 2.67. The number of allylic oxidation sites excluding steroid dienone is 1. The van der Waals surface area contributed by atoms with Crippen molar-refractivity contribution in [1.82, 2.24) is 0 Å². The summed E-state index contributed by atoms with van der Waals surface area (Å²) < 4.78 is 0. The van der Waals surface area contributed by atoms with Gasteiger partial charge in [0, 0.05) is 12.3 Å². The molecule has 1 atom stereocenters. The molecular weight excluding hydrogens is 124 g/mol. The monoisotopic (exact) mass is 136 g/mol. The highest BCUT2D eigenvalue weighted by Crippen LogP contribution is 2.20. The Kier molecular flexibility index (Phi) is 2.47. The minimum Gasteiger partial charge on any atom is -0.299 e. The summed E-state index contributed by atoms with van der Waals surface area (Å²) in [7, 11) is 0. The van der Waals surface area contributed by atoms with E-state index in [1.54, 1.807) is 6.08 Å². The molecule has 0 radical (unpaired) electrons. The largest absolute Gasteiger partial charge is 0.299 e. The first-order valence-electron chi connectivity index (χ1n) is 3.73. The SMILES string of the molecule is C=C=CC1CCCCC1=O. The molecule has 0 aliphatic heterocycles. The van der Waals surface area contributed by atoms with Crippen LogP contribution in [-0.4, -0.2) is 5.78 Å². The zero-order valence-corrected chi connectivity index (χ0v) is 6.10. The van der Waals surface area contributed by atoms with E-state index in [1.165, 1.54) is 6.42 Å². The Morgan fingerprint density at radius 3 is 3.00 bits per heavy atom. The molecular formula is C9H12O. The quantitative estimate of drug-likeness (QED) is 0.504. The molecule has 1 rings (SSSR count). The molecule has 1 fully saturated rings. The van der Waals surface area contributed by atoms with Crippen molar-refractivity contribution in [2.45, 2.75) is 25.7 Å². The summed E-state index contributed by atoms with van der Waals surface area (Å²) >= 11 is 0. The second kappa shape index (κ2) is 3.38. The van der Waals surface area contributed by atoms with Crippen molar-refractivity contribution in [3.8, 4) is 0 Å². The van der Waals surface area contributed by atoms with Gasteiger partial charge in [-0.2, -0.15) is 0 Å². The smallest absolute Gasteiger partial charge is 0.140 e. The number of rotatable bonds is 1. The molecule has 0 spiro atoms. The van der Waals surface area contributed by atoms with Gasteiger partial charge in [-0.25, -0.2) is 0 Å². The molecule has 10 heavy (non-hydrogen) atoms. The van der Waals surface area contributed by atoms with E-state index in [0.29, 0.717) is 5.78 Å². The third-order valence-corrected chi connectivity index (χ3v) is 1.92. The molecule has 1 nitrogen and oxygen atoms in total. The fourth-order valence-corrected chi connectivity index (χ4v) is 1.33. The fraction of sp³-hybridized carbons (Fsp3) is 0.556. The van der Waals surface area contributed by atoms with Crippen molar-refractivity contribution >= 4 is 5.78 Å². The number of carbonyl (C=O) groups excluding carboxylic acids is 1. The summed E-state index contributed by atoms with van der Waals surface area (Å²) in [6, 6.07) is 0. The lowest BCUT2D eigenvalue weighted by Gasteiger charge is -2.15. The number of carbonyl (C=O) groups is 1. The van der Waals surface area contributed by atoms with Crippen LogP contribution in [0.2, 0.25) is 0 Å². The Morgan fingerprint density at radius 1 is 1.60 bits per heavy atom. The van der Waals surface area contributed by atoms with E-state index >= 15 is 0 Å². The van der Waals surface area contributed by atoms with Gasteiger partial charge < -0.3 is 0 Å². The Morgan fingerprint density at radius 2 is 2.40 bits per heavy atom. The topological polar surface area (TPSA) is 17.1 Å². The van der Waals surface area contributed by atoms with Gasteiger partial charge in [-0.1, -0.05) is 13.0 Å². The second-order valence-electron chi connectivity index (χ2n) is 2.69. The Labute approximate surface area is 61.4 Å². The van der Waals surface area contributed by atoms with E-state index in [4.69, 9.17) is 0 Å². The van der Waals surface area contributed by atoms with E-state index in [0.717, 1.165) is 19.3 Å². The summed E-state index contributed by atoms with van der Waals surface area (Å²) in [6.07, 6.45) is 5.79. The van der Waals surface area contributed by atoms with Gasteiger partial charge in [0.05, 0.1) is 0 Å². The molecule has 0 aromatic heterocycles. The van der Waals surface area contributed by atoms with Crippen LogP contribution in [0.3, 0.4) is 0 Å². The van der Waals surface area contributed by atoms with Crippen LogP contribution in [0, 0.1) is 5.92 Å². The zero-order valence-electron chi connectivity index (χ0n) is 6.10. The van der Waals surface area contributed by atoms with E-state index in [9.17, 15) is 4.79 Å². The molecule has 1 aliphatic rings. The fourth-order valence-electron chi connectivity index (χ4n) is 1.33. The van der Waals surface area contributed by atoms with Gasteiger partial charge in [0.2, 0.25) is 0 Å². The predicted octanol–water partition coefficient (Wildman–Crippen LogP) is 2.09. The van der Waals surface area contributed by atoms with Gasteiger partial charge in [0.15, 0.2) is 0 Å². The van der Waals surface area contributed by atoms with Gasteiger partial charge in [-0.15, -0.1) is 5.73 Å². The molecule has 1 heteroatoms. The second-order valence-corrected chi connectivity index (χ2v) is 2.69.